The van der Waals surface area contributed by atoms with E-state index in [1.165, 1.54) is 89.9 Å². The van der Waals surface area contributed by atoms with E-state index in [4.69, 9.17) is 9.05 Å². The van der Waals surface area contributed by atoms with E-state index in [0.29, 0.717) is 17.4 Å². The van der Waals surface area contributed by atoms with Crippen molar-refractivity contribution in [3.05, 3.63) is 109 Å². The van der Waals surface area contributed by atoms with Gasteiger partial charge in [-0.2, -0.15) is 0 Å². The minimum atomic E-state index is -4.60. The van der Waals surface area contributed by atoms with Gasteiger partial charge in [-0.1, -0.05) is 206 Å². The average Bonchev–Trinajstić information content (AvgIpc) is 3.28. The largest absolute Gasteiger partial charge is 0.756 e. The molecule has 0 saturated heterocycles. The number of carbonyl (C=O) groups excluding carboxylic acids is 1. The zero-order valence-corrected chi connectivity index (χ0v) is 43.7. The van der Waals surface area contributed by atoms with Crippen LogP contribution in [0, 0.1) is 0 Å². The summed E-state index contributed by atoms with van der Waals surface area (Å²) < 4.78 is 23.1. The number of nitrogens with one attached hydrogen (secondary N) is 1. The normalized spacial score (nSPS) is 15.0. The van der Waals surface area contributed by atoms with E-state index in [9.17, 15) is 19.4 Å². The van der Waals surface area contributed by atoms with Gasteiger partial charge in [0.15, 0.2) is 0 Å². The molecule has 0 aliphatic rings. The number of nitrogens with zero attached hydrogens (tertiary/aromatic N) is 1. The molecule has 0 aliphatic carbocycles. The molecule has 0 aliphatic heterocycles. The predicted molar refractivity (Wildman–Crippen MR) is 283 cm³/mol. The van der Waals surface area contributed by atoms with Crippen molar-refractivity contribution in [1.82, 2.24) is 5.32 Å². The summed E-state index contributed by atoms with van der Waals surface area (Å²) in [5, 5.41) is 13.7. The lowest BCUT2D eigenvalue weighted by atomic mass is 10.0. The van der Waals surface area contributed by atoms with Crippen molar-refractivity contribution in [1.29, 1.82) is 0 Å². The molecule has 0 saturated carbocycles. The van der Waals surface area contributed by atoms with Crippen LogP contribution in [-0.2, 0) is 18.4 Å². The first-order valence-corrected chi connectivity index (χ1v) is 27.7. The summed E-state index contributed by atoms with van der Waals surface area (Å²) in [5.74, 6) is -0.219. The minimum Gasteiger partial charge on any atom is -0.756 e. The summed E-state index contributed by atoms with van der Waals surface area (Å²) in [4.78, 5) is 25.3. The van der Waals surface area contributed by atoms with Crippen molar-refractivity contribution in [3.8, 4) is 0 Å². The van der Waals surface area contributed by atoms with Crippen molar-refractivity contribution in [2.24, 2.45) is 0 Å². The Labute approximate surface area is 406 Å². The van der Waals surface area contributed by atoms with Gasteiger partial charge in [-0.05, 0) is 90.4 Å². The number of carbonyl (C=O) groups is 1. The lowest BCUT2D eigenvalue weighted by Gasteiger charge is -2.29. The van der Waals surface area contributed by atoms with Crippen LogP contribution < -0.4 is 10.2 Å². The summed E-state index contributed by atoms with van der Waals surface area (Å²) in [7, 11) is 1.22. The second-order valence-corrected chi connectivity index (χ2v) is 19.9. The lowest BCUT2D eigenvalue weighted by Crippen LogP contribution is -2.45. The van der Waals surface area contributed by atoms with Crippen LogP contribution in [0.1, 0.15) is 194 Å². The van der Waals surface area contributed by atoms with Gasteiger partial charge < -0.3 is 28.8 Å². The molecule has 2 N–H and O–H groups in total. The summed E-state index contributed by atoms with van der Waals surface area (Å²) in [6, 6.07) is -0.912. The molecule has 8 nitrogen and oxygen atoms in total. The number of hydrogen-bond donors (Lipinski definition) is 2. The van der Waals surface area contributed by atoms with Gasteiger partial charge >= 0.3 is 0 Å². The first-order chi connectivity index (χ1) is 32.0. The highest BCUT2D eigenvalue weighted by atomic mass is 31.2. The Morgan fingerprint density at radius 2 is 0.955 bits per heavy atom. The third-order valence-corrected chi connectivity index (χ3v) is 12.0. The summed E-state index contributed by atoms with van der Waals surface area (Å²) in [6.07, 6.45) is 69.2. The van der Waals surface area contributed by atoms with Gasteiger partial charge in [-0.25, -0.2) is 0 Å². The Morgan fingerprint density at radius 1 is 0.561 bits per heavy atom. The molecule has 0 bridgehead atoms. The van der Waals surface area contributed by atoms with Crippen molar-refractivity contribution in [2.75, 3.05) is 40.9 Å². The third kappa shape index (κ3) is 49.1. The fraction of sp³-hybridized carbons (Fsp3) is 0.667. The van der Waals surface area contributed by atoms with E-state index in [1.54, 1.807) is 6.08 Å². The number of phosphoric ester groups is 1. The van der Waals surface area contributed by atoms with Crippen molar-refractivity contribution in [3.63, 3.8) is 0 Å². The molecule has 0 aromatic carbocycles. The second-order valence-electron chi connectivity index (χ2n) is 18.5. The van der Waals surface area contributed by atoms with Crippen LogP contribution >= 0.6 is 7.82 Å². The minimum absolute atomic E-state index is 0.0134. The number of rotatable bonds is 46. The van der Waals surface area contributed by atoms with Crippen LogP contribution in [0.4, 0.5) is 0 Å². The van der Waals surface area contributed by atoms with Gasteiger partial charge in [0.05, 0.1) is 39.9 Å². The Kier molecular flexibility index (Phi) is 45.2. The fourth-order valence-electron chi connectivity index (χ4n) is 6.96. The second kappa shape index (κ2) is 47.2. The number of aliphatic hydroxyl groups excluding tert-OH is 1. The molecule has 0 radical (unpaired) electrons. The van der Waals surface area contributed by atoms with E-state index in [-0.39, 0.29) is 12.5 Å². The number of likely N-dealkylation sites (N-methyl/N-ethyl adjacent to an activating group) is 1. The van der Waals surface area contributed by atoms with Gasteiger partial charge in [0.25, 0.3) is 7.82 Å². The number of quaternary nitrogens is 1. The monoisotopic (exact) mass is 939 g/mol. The molecule has 0 aromatic rings. The number of phosphoric acid groups is 1. The molecule has 3 atom stereocenters. The molecule has 3 unspecified atom stereocenters. The van der Waals surface area contributed by atoms with Crippen LogP contribution in [0.3, 0.4) is 0 Å². The zero-order valence-electron chi connectivity index (χ0n) is 42.9. The number of unbranched alkanes of at least 4 members (excludes halogenated alkanes) is 18. The van der Waals surface area contributed by atoms with Gasteiger partial charge in [0.2, 0.25) is 5.91 Å². The first kappa shape index (κ1) is 63.2. The van der Waals surface area contributed by atoms with Crippen LogP contribution in [0.5, 0.6) is 0 Å². The van der Waals surface area contributed by atoms with Crippen LogP contribution in [0.15, 0.2) is 109 Å². The molecular formula is C57H99N2O6P. The maximum absolute atomic E-state index is 12.9. The Bertz CT molecular complexity index is 1440. The molecule has 0 aromatic heterocycles. The number of amides is 1. The number of allylic oxidation sites excluding steroid dienone is 17. The highest BCUT2D eigenvalue weighted by molar-refractivity contribution is 7.45. The zero-order chi connectivity index (χ0) is 48.5. The standard InChI is InChI=1S/C57H99N2O6P/c1-6-8-10-12-14-16-17-18-19-20-21-22-23-24-25-26-27-28-29-30-31-32-33-34-35-36-37-38-39-40-41-43-45-47-49-51-57(61)58-55(54-65-66(62,63)64-53-52-59(3,4)5)56(60)50-48-46-44-42-15-13-11-9-7-2/h7-10,14-16,18-19,21-22,24-25,27-28,42,48,50,55-56,60H,6,11-13,17,20,23,26,29-41,43-47,49,51-54H2,1-5H3,(H-,58,61,62,63)/b9-7+,10-8-,16-14-,19-18-,22-21-,25-24-,28-27-,42-15+,50-48+. The van der Waals surface area contributed by atoms with E-state index in [0.717, 1.165) is 83.5 Å². The summed E-state index contributed by atoms with van der Waals surface area (Å²) in [5.41, 5.74) is 0. The van der Waals surface area contributed by atoms with Crippen molar-refractivity contribution < 1.29 is 32.9 Å². The van der Waals surface area contributed by atoms with Gasteiger partial charge in [0.1, 0.15) is 13.2 Å². The molecule has 66 heavy (non-hydrogen) atoms. The maximum Gasteiger partial charge on any atom is 0.268 e. The van der Waals surface area contributed by atoms with Gasteiger partial charge in [-0.15, -0.1) is 0 Å². The molecule has 378 valence electrons. The first-order valence-electron chi connectivity index (χ1n) is 26.2. The Balaban J connectivity index is 3.99. The molecule has 0 fully saturated rings. The Hall–Kier alpha value is -2.84. The number of aliphatic hydroxyl groups is 1. The maximum atomic E-state index is 12.9. The smallest absolute Gasteiger partial charge is 0.268 e. The number of hydrogen-bond acceptors (Lipinski definition) is 6. The highest BCUT2D eigenvalue weighted by Gasteiger charge is 2.23. The molecule has 0 rings (SSSR count). The van der Waals surface area contributed by atoms with Crippen molar-refractivity contribution >= 4 is 13.7 Å². The predicted octanol–water partition coefficient (Wildman–Crippen LogP) is 15.0. The topological polar surface area (TPSA) is 108 Å². The van der Waals surface area contributed by atoms with Gasteiger partial charge in [0, 0.05) is 6.42 Å². The molecule has 0 spiro atoms. The van der Waals surface area contributed by atoms with E-state index >= 15 is 0 Å². The van der Waals surface area contributed by atoms with Crippen LogP contribution in [-0.4, -0.2) is 68.5 Å². The Morgan fingerprint density at radius 3 is 1.41 bits per heavy atom. The summed E-state index contributed by atoms with van der Waals surface area (Å²) in [6.45, 7) is 4.25. The van der Waals surface area contributed by atoms with Crippen LogP contribution in [0.2, 0.25) is 0 Å². The average molecular weight is 939 g/mol. The molecule has 9 heteroatoms. The lowest BCUT2D eigenvalue weighted by molar-refractivity contribution is -0.870. The SMILES string of the molecule is C/C=C/CC/C=C/CC/C=C/C(O)C(COP(=O)([O-])OCC[N+](C)(C)C)NC(=O)CCCCCCCCCCCCCCCCCC/C=C\C/C=C\C/C=C\C/C=C\C/C=C\C/C=C\CC. The fourth-order valence-corrected chi connectivity index (χ4v) is 7.68. The summed E-state index contributed by atoms with van der Waals surface area (Å²) >= 11 is 0. The van der Waals surface area contributed by atoms with E-state index in [1.807, 2.05) is 40.2 Å². The van der Waals surface area contributed by atoms with E-state index < -0.39 is 26.6 Å². The van der Waals surface area contributed by atoms with E-state index in [2.05, 4.69) is 103 Å². The third-order valence-electron chi connectivity index (χ3n) is 11.0. The quantitative estimate of drug-likeness (QED) is 0.0272. The molecular weight excluding hydrogens is 840 g/mol. The highest BCUT2D eigenvalue weighted by Crippen LogP contribution is 2.38. The molecule has 0 heterocycles. The van der Waals surface area contributed by atoms with Gasteiger partial charge in [-0.3, -0.25) is 9.36 Å². The van der Waals surface area contributed by atoms with Crippen molar-refractivity contribution in [2.45, 2.75) is 206 Å². The van der Waals surface area contributed by atoms with Crippen LogP contribution in [0.25, 0.3) is 0 Å². The molecule has 1 amide bonds.